The number of hydrogen-bond donors (Lipinski definition) is 1. The van der Waals surface area contributed by atoms with Crippen LogP contribution in [0, 0.1) is 5.92 Å². The van der Waals surface area contributed by atoms with Gasteiger partial charge in [-0.25, -0.2) is 0 Å². The van der Waals surface area contributed by atoms with E-state index in [-0.39, 0.29) is 0 Å². The summed E-state index contributed by atoms with van der Waals surface area (Å²) in [7, 11) is 1.85. The highest BCUT2D eigenvalue weighted by Crippen LogP contribution is 2.25. The van der Waals surface area contributed by atoms with Crippen molar-refractivity contribution < 1.29 is 4.74 Å². The fourth-order valence-corrected chi connectivity index (χ4v) is 3.45. The van der Waals surface area contributed by atoms with E-state index in [1.54, 1.807) is 0 Å². The summed E-state index contributed by atoms with van der Waals surface area (Å²) in [5.41, 5.74) is 0. The molecule has 2 saturated carbocycles. The molecule has 2 heteroatoms. The molecule has 100 valence electrons. The minimum atomic E-state index is 0.530. The molecular formula is C15H29NO. The SMILES string of the molecule is COC1CCC(NC2CCCC(C)CC2)CC1. The summed E-state index contributed by atoms with van der Waals surface area (Å²) in [6.45, 7) is 2.41. The van der Waals surface area contributed by atoms with Gasteiger partial charge in [-0.1, -0.05) is 19.8 Å². The molecule has 0 amide bonds. The first kappa shape index (κ1) is 13.4. The predicted octanol–water partition coefficient (Wildman–Crippen LogP) is 3.50. The third kappa shape index (κ3) is 4.26. The van der Waals surface area contributed by atoms with Crippen LogP contribution in [0.2, 0.25) is 0 Å². The Hall–Kier alpha value is -0.0800. The molecule has 0 heterocycles. The van der Waals surface area contributed by atoms with Crippen molar-refractivity contribution in [3.05, 3.63) is 0 Å². The van der Waals surface area contributed by atoms with E-state index in [2.05, 4.69) is 12.2 Å². The van der Waals surface area contributed by atoms with Crippen molar-refractivity contribution >= 4 is 0 Å². The second-order valence-corrected chi connectivity index (χ2v) is 6.19. The Labute approximate surface area is 107 Å². The Balaban J connectivity index is 1.70. The first-order chi connectivity index (χ1) is 8.28. The zero-order valence-corrected chi connectivity index (χ0v) is 11.6. The largest absolute Gasteiger partial charge is 0.381 e. The van der Waals surface area contributed by atoms with Crippen LogP contribution < -0.4 is 5.32 Å². The van der Waals surface area contributed by atoms with Gasteiger partial charge in [-0.2, -0.15) is 0 Å². The highest BCUT2D eigenvalue weighted by atomic mass is 16.5. The van der Waals surface area contributed by atoms with Crippen molar-refractivity contribution in [3.8, 4) is 0 Å². The summed E-state index contributed by atoms with van der Waals surface area (Å²) < 4.78 is 5.44. The van der Waals surface area contributed by atoms with Crippen LogP contribution >= 0.6 is 0 Å². The van der Waals surface area contributed by atoms with Gasteiger partial charge in [-0.3, -0.25) is 0 Å². The fraction of sp³-hybridized carbons (Fsp3) is 1.00. The van der Waals surface area contributed by atoms with Crippen LogP contribution in [0.25, 0.3) is 0 Å². The van der Waals surface area contributed by atoms with Crippen molar-refractivity contribution in [1.82, 2.24) is 5.32 Å². The van der Waals surface area contributed by atoms with E-state index in [4.69, 9.17) is 4.74 Å². The van der Waals surface area contributed by atoms with Crippen molar-refractivity contribution in [3.63, 3.8) is 0 Å². The zero-order chi connectivity index (χ0) is 12.1. The lowest BCUT2D eigenvalue weighted by molar-refractivity contribution is 0.0608. The second kappa shape index (κ2) is 6.75. The van der Waals surface area contributed by atoms with E-state index in [0.717, 1.165) is 18.0 Å². The zero-order valence-electron chi connectivity index (χ0n) is 11.6. The van der Waals surface area contributed by atoms with Gasteiger partial charge in [0.05, 0.1) is 6.10 Å². The molecule has 2 unspecified atom stereocenters. The molecule has 0 aliphatic heterocycles. The van der Waals surface area contributed by atoms with Crippen LogP contribution in [0.4, 0.5) is 0 Å². The topological polar surface area (TPSA) is 21.3 Å². The number of ether oxygens (including phenoxy) is 1. The highest BCUT2D eigenvalue weighted by molar-refractivity contribution is 4.82. The van der Waals surface area contributed by atoms with Crippen molar-refractivity contribution in [2.75, 3.05) is 7.11 Å². The van der Waals surface area contributed by atoms with Gasteiger partial charge in [-0.05, 0) is 50.9 Å². The van der Waals surface area contributed by atoms with Crippen LogP contribution in [0.1, 0.15) is 64.7 Å². The summed E-state index contributed by atoms with van der Waals surface area (Å²) in [4.78, 5) is 0. The third-order valence-electron chi connectivity index (χ3n) is 4.74. The van der Waals surface area contributed by atoms with Gasteiger partial charge in [0.25, 0.3) is 0 Å². The third-order valence-corrected chi connectivity index (χ3v) is 4.74. The maximum absolute atomic E-state index is 5.44. The lowest BCUT2D eigenvalue weighted by atomic mass is 9.92. The molecule has 0 aromatic carbocycles. The van der Waals surface area contributed by atoms with E-state index in [1.807, 2.05) is 7.11 Å². The Morgan fingerprint density at radius 1 is 0.824 bits per heavy atom. The number of rotatable bonds is 3. The quantitative estimate of drug-likeness (QED) is 0.761. The fourth-order valence-electron chi connectivity index (χ4n) is 3.45. The molecule has 2 aliphatic rings. The summed E-state index contributed by atoms with van der Waals surface area (Å²) in [6.07, 6.45) is 12.7. The van der Waals surface area contributed by atoms with Crippen LogP contribution in [-0.2, 0) is 4.74 Å². The summed E-state index contributed by atoms with van der Waals surface area (Å²) in [6, 6.07) is 1.56. The Morgan fingerprint density at radius 2 is 1.47 bits per heavy atom. The van der Waals surface area contributed by atoms with E-state index < -0.39 is 0 Å². The molecule has 0 radical (unpaired) electrons. The first-order valence-electron chi connectivity index (χ1n) is 7.56. The number of methoxy groups -OCH3 is 1. The summed E-state index contributed by atoms with van der Waals surface area (Å²) in [5.74, 6) is 0.950. The molecule has 17 heavy (non-hydrogen) atoms. The number of nitrogens with one attached hydrogen (secondary N) is 1. The van der Waals surface area contributed by atoms with Crippen LogP contribution in [-0.4, -0.2) is 25.3 Å². The van der Waals surface area contributed by atoms with Gasteiger partial charge >= 0.3 is 0 Å². The highest BCUT2D eigenvalue weighted by Gasteiger charge is 2.24. The van der Waals surface area contributed by atoms with Gasteiger partial charge < -0.3 is 10.1 Å². The van der Waals surface area contributed by atoms with E-state index >= 15 is 0 Å². The standard InChI is InChI=1S/C15H29NO/c1-12-4-3-5-13(7-6-12)16-14-8-10-15(17-2)11-9-14/h12-16H,3-11H2,1-2H3. The van der Waals surface area contributed by atoms with E-state index in [0.29, 0.717) is 6.10 Å². The molecule has 0 bridgehead atoms. The molecule has 2 rings (SSSR count). The average Bonchev–Trinajstić information content (AvgIpc) is 2.56. The normalized spacial score (nSPS) is 39.9. The molecule has 2 aliphatic carbocycles. The average molecular weight is 239 g/mol. The molecule has 2 atom stereocenters. The molecule has 0 aromatic rings. The van der Waals surface area contributed by atoms with Crippen molar-refractivity contribution in [2.45, 2.75) is 82.9 Å². The molecule has 2 nitrogen and oxygen atoms in total. The van der Waals surface area contributed by atoms with Crippen LogP contribution in [0.3, 0.4) is 0 Å². The molecule has 0 aromatic heterocycles. The van der Waals surface area contributed by atoms with Crippen molar-refractivity contribution in [1.29, 1.82) is 0 Å². The minimum Gasteiger partial charge on any atom is -0.381 e. The summed E-state index contributed by atoms with van der Waals surface area (Å²) >= 11 is 0. The van der Waals surface area contributed by atoms with Gasteiger partial charge in [0.15, 0.2) is 0 Å². The monoisotopic (exact) mass is 239 g/mol. The minimum absolute atomic E-state index is 0.530. The Morgan fingerprint density at radius 3 is 2.18 bits per heavy atom. The summed E-state index contributed by atoms with van der Waals surface area (Å²) in [5, 5.41) is 3.91. The lowest BCUT2D eigenvalue weighted by Crippen LogP contribution is -2.41. The van der Waals surface area contributed by atoms with E-state index in [1.165, 1.54) is 57.8 Å². The maximum Gasteiger partial charge on any atom is 0.0572 e. The van der Waals surface area contributed by atoms with Gasteiger partial charge in [0.2, 0.25) is 0 Å². The van der Waals surface area contributed by atoms with Gasteiger partial charge in [-0.15, -0.1) is 0 Å². The van der Waals surface area contributed by atoms with Crippen LogP contribution in [0.5, 0.6) is 0 Å². The van der Waals surface area contributed by atoms with Crippen LogP contribution in [0.15, 0.2) is 0 Å². The maximum atomic E-state index is 5.44. The molecule has 0 spiro atoms. The predicted molar refractivity (Wildman–Crippen MR) is 72.2 cm³/mol. The molecule has 1 N–H and O–H groups in total. The van der Waals surface area contributed by atoms with Gasteiger partial charge in [0.1, 0.15) is 0 Å². The van der Waals surface area contributed by atoms with Crippen molar-refractivity contribution in [2.24, 2.45) is 5.92 Å². The lowest BCUT2D eigenvalue weighted by Gasteiger charge is -2.31. The molecule has 2 fully saturated rings. The molecular weight excluding hydrogens is 210 g/mol. The number of hydrogen-bond acceptors (Lipinski definition) is 2. The smallest absolute Gasteiger partial charge is 0.0572 e. The van der Waals surface area contributed by atoms with Gasteiger partial charge in [0, 0.05) is 19.2 Å². The molecule has 0 saturated heterocycles. The first-order valence-corrected chi connectivity index (χ1v) is 7.56. The second-order valence-electron chi connectivity index (χ2n) is 6.19. The Bertz CT molecular complexity index is 211. The van der Waals surface area contributed by atoms with E-state index in [9.17, 15) is 0 Å². The Kier molecular flexibility index (Phi) is 5.30.